The van der Waals surface area contributed by atoms with Gasteiger partial charge in [-0.2, -0.15) is 0 Å². The third-order valence-corrected chi connectivity index (χ3v) is 4.87. The molecule has 2 unspecified atom stereocenters. The molecule has 1 N–H and O–H groups in total. The van der Waals surface area contributed by atoms with E-state index in [1.807, 2.05) is 23.6 Å². The van der Waals surface area contributed by atoms with Crippen molar-refractivity contribution in [3.8, 4) is 0 Å². The van der Waals surface area contributed by atoms with Gasteiger partial charge >= 0.3 is 0 Å². The number of hydrogen-bond acceptors (Lipinski definition) is 3. The number of likely N-dealkylation sites (tertiary alicyclic amines) is 2. The van der Waals surface area contributed by atoms with Crippen LogP contribution < -0.4 is 0 Å². The first-order chi connectivity index (χ1) is 9.90. The van der Waals surface area contributed by atoms with Gasteiger partial charge in [0.2, 0.25) is 11.8 Å². The molecule has 2 fully saturated rings. The van der Waals surface area contributed by atoms with Crippen molar-refractivity contribution in [2.75, 3.05) is 26.2 Å². The molecule has 0 saturated carbocycles. The zero-order valence-electron chi connectivity index (χ0n) is 13.4. The second kappa shape index (κ2) is 6.77. The molecule has 2 saturated heterocycles. The van der Waals surface area contributed by atoms with Crippen molar-refractivity contribution in [2.24, 2.45) is 17.8 Å². The molecule has 2 aliphatic heterocycles. The minimum Gasteiger partial charge on any atom is -0.393 e. The predicted octanol–water partition coefficient (Wildman–Crippen LogP) is 1.11. The normalized spacial score (nSPS) is 25.5. The van der Waals surface area contributed by atoms with Gasteiger partial charge in [-0.25, -0.2) is 0 Å². The van der Waals surface area contributed by atoms with Gasteiger partial charge < -0.3 is 14.9 Å². The quantitative estimate of drug-likeness (QED) is 0.848. The zero-order valence-corrected chi connectivity index (χ0v) is 13.4. The molecule has 0 aromatic heterocycles. The van der Waals surface area contributed by atoms with Crippen molar-refractivity contribution in [3.05, 3.63) is 0 Å². The predicted molar refractivity (Wildman–Crippen MR) is 80.5 cm³/mol. The van der Waals surface area contributed by atoms with Gasteiger partial charge in [0.05, 0.1) is 6.10 Å². The molecule has 2 heterocycles. The van der Waals surface area contributed by atoms with Crippen LogP contribution >= 0.6 is 0 Å². The number of amides is 2. The summed E-state index contributed by atoms with van der Waals surface area (Å²) in [5.41, 5.74) is 0. The number of nitrogens with zero attached hydrogens (tertiary/aromatic N) is 2. The molecular weight excluding hydrogens is 268 g/mol. The van der Waals surface area contributed by atoms with Gasteiger partial charge in [0.25, 0.3) is 0 Å². The van der Waals surface area contributed by atoms with Crippen molar-refractivity contribution < 1.29 is 14.7 Å². The summed E-state index contributed by atoms with van der Waals surface area (Å²) < 4.78 is 0. The third-order valence-electron chi connectivity index (χ3n) is 4.87. The van der Waals surface area contributed by atoms with Gasteiger partial charge in [0.1, 0.15) is 0 Å². The summed E-state index contributed by atoms with van der Waals surface area (Å²) in [5.74, 6) is 0.708. The van der Waals surface area contributed by atoms with Crippen LogP contribution in [0.4, 0.5) is 0 Å². The van der Waals surface area contributed by atoms with Gasteiger partial charge in [-0.15, -0.1) is 0 Å². The summed E-state index contributed by atoms with van der Waals surface area (Å²) in [5, 5.41) is 9.63. The van der Waals surface area contributed by atoms with Crippen molar-refractivity contribution in [3.63, 3.8) is 0 Å². The fourth-order valence-corrected chi connectivity index (χ4v) is 3.35. The molecule has 0 aliphatic carbocycles. The minimum absolute atomic E-state index is 0.0302. The fourth-order valence-electron chi connectivity index (χ4n) is 3.35. The van der Waals surface area contributed by atoms with Crippen molar-refractivity contribution in [1.29, 1.82) is 0 Å². The Balaban J connectivity index is 1.82. The van der Waals surface area contributed by atoms with Crippen molar-refractivity contribution in [2.45, 2.75) is 46.1 Å². The van der Waals surface area contributed by atoms with Gasteiger partial charge in [-0.05, 0) is 26.2 Å². The summed E-state index contributed by atoms with van der Waals surface area (Å²) in [6, 6.07) is 0. The average Bonchev–Trinajstić information content (AvgIpc) is 2.96. The lowest BCUT2D eigenvalue weighted by molar-refractivity contribution is -0.141. The number of aliphatic hydroxyl groups is 1. The molecule has 5 nitrogen and oxygen atoms in total. The molecule has 2 rings (SSSR count). The molecule has 0 aromatic rings. The molecule has 0 radical (unpaired) electrons. The maximum atomic E-state index is 12.5. The number of carbonyl (C=O) groups excluding carboxylic acids is 2. The Labute approximate surface area is 127 Å². The topological polar surface area (TPSA) is 60.9 Å². The monoisotopic (exact) mass is 296 g/mol. The Morgan fingerprint density at radius 2 is 1.57 bits per heavy atom. The summed E-state index contributed by atoms with van der Waals surface area (Å²) in [7, 11) is 0. The molecule has 2 amide bonds. The van der Waals surface area contributed by atoms with E-state index in [2.05, 4.69) is 0 Å². The number of carbonyl (C=O) groups is 2. The highest BCUT2D eigenvalue weighted by atomic mass is 16.3. The van der Waals surface area contributed by atoms with Crippen LogP contribution in [0.3, 0.4) is 0 Å². The van der Waals surface area contributed by atoms with Crippen LogP contribution in [0.5, 0.6) is 0 Å². The summed E-state index contributed by atoms with van der Waals surface area (Å²) in [4.78, 5) is 28.3. The average molecular weight is 296 g/mol. The van der Waals surface area contributed by atoms with Crippen molar-refractivity contribution >= 4 is 11.8 Å². The summed E-state index contributed by atoms with van der Waals surface area (Å²) >= 11 is 0. The Kier molecular flexibility index (Phi) is 5.25. The molecule has 0 aromatic carbocycles. The Bertz CT molecular complexity index is 387. The van der Waals surface area contributed by atoms with Crippen molar-refractivity contribution in [1.82, 2.24) is 9.80 Å². The molecule has 2 atom stereocenters. The van der Waals surface area contributed by atoms with E-state index in [4.69, 9.17) is 0 Å². The zero-order chi connectivity index (χ0) is 15.6. The molecule has 5 heteroatoms. The van der Waals surface area contributed by atoms with Crippen LogP contribution in [-0.4, -0.2) is 59.0 Å². The van der Waals surface area contributed by atoms with Crippen LogP contribution in [0.15, 0.2) is 0 Å². The minimum atomic E-state index is -0.340. The van der Waals surface area contributed by atoms with Gasteiger partial charge in [-0.1, -0.05) is 13.8 Å². The first-order valence-corrected chi connectivity index (χ1v) is 8.15. The Morgan fingerprint density at radius 3 is 2.05 bits per heavy atom. The second-order valence-corrected chi connectivity index (χ2v) is 6.83. The second-order valence-electron chi connectivity index (χ2n) is 6.83. The number of rotatable bonds is 3. The molecule has 0 bridgehead atoms. The Morgan fingerprint density at radius 1 is 1.00 bits per heavy atom. The maximum absolute atomic E-state index is 12.5. The van der Waals surface area contributed by atoms with E-state index in [-0.39, 0.29) is 35.7 Å². The first-order valence-electron chi connectivity index (χ1n) is 8.15. The number of hydrogen-bond donors (Lipinski definition) is 1. The molecular formula is C16H28N2O3. The van der Waals surface area contributed by atoms with Crippen LogP contribution in [-0.2, 0) is 9.59 Å². The molecule has 0 spiro atoms. The number of piperidine rings is 1. The lowest BCUT2D eigenvalue weighted by Gasteiger charge is -2.34. The van der Waals surface area contributed by atoms with E-state index in [0.717, 1.165) is 25.8 Å². The SMILES string of the molecule is CC(C)C(=O)N1CCC(C(=O)N2CCC(C(C)O)C2)CC1. The summed E-state index contributed by atoms with van der Waals surface area (Å²) in [6.45, 7) is 8.47. The standard InChI is InChI=1S/C16H28N2O3/c1-11(2)15(20)17-7-4-13(5-8-17)16(21)18-9-6-14(10-18)12(3)19/h11-14,19H,4-10H2,1-3H3. The smallest absolute Gasteiger partial charge is 0.225 e. The first kappa shape index (κ1) is 16.3. The van der Waals surface area contributed by atoms with Gasteiger partial charge in [0, 0.05) is 43.9 Å². The highest BCUT2D eigenvalue weighted by molar-refractivity contribution is 5.81. The lowest BCUT2D eigenvalue weighted by atomic mass is 9.94. The van der Waals surface area contributed by atoms with E-state index in [0.29, 0.717) is 19.6 Å². The Hall–Kier alpha value is -1.10. The highest BCUT2D eigenvalue weighted by Crippen LogP contribution is 2.26. The van der Waals surface area contributed by atoms with Crippen LogP contribution in [0, 0.1) is 17.8 Å². The maximum Gasteiger partial charge on any atom is 0.225 e. The van der Waals surface area contributed by atoms with Gasteiger partial charge in [-0.3, -0.25) is 9.59 Å². The lowest BCUT2D eigenvalue weighted by Crippen LogP contribution is -2.45. The van der Waals surface area contributed by atoms with E-state index in [9.17, 15) is 14.7 Å². The van der Waals surface area contributed by atoms with E-state index in [1.54, 1.807) is 6.92 Å². The van der Waals surface area contributed by atoms with Crippen LogP contribution in [0.1, 0.15) is 40.0 Å². The number of aliphatic hydroxyl groups excluding tert-OH is 1. The van der Waals surface area contributed by atoms with E-state index in [1.165, 1.54) is 0 Å². The fraction of sp³-hybridized carbons (Fsp3) is 0.875. The van der Waals surface area contributed by atoms with Crippen LogP contribution in [0.2, 0.25) is 0 Å². The third kappa shape index (κ3) is 3.76. The molecule has 120 valence electrons. The molecule has 21 heavy (non-hydrogen) atoms. The van der Waals surface area contributed by atoms with E-state index < -0.39 is 0 Å². The van der Waals surface area contributed by atoms with E-state index >= 15 is 0 Å². The van der Waals surface area contributed by atoms with Crippen LogP contribution in [0.25, 0.3) is 0 Å². The highest BCUT2D eigenvalue weighted by Gasteiger charge is 2.35. The largest absolute Gasteiger partial charge is 0.393 e. The summed E-state index contributed by atoms with van der Waals surface area (Å²) in [6.07, 6.45) is 2.10. The van der Waals surface area contributed by atoms with Gasteiger partial charge in [0.15, 0.2) is 0 Å². The molecule has 2 aliphatic rings.